The van der Waals surface area contributed by atoms with Gasteiger partial charge >= 0.3 is 5.97 Å². The maximum atomic E-state index is 11.4. The van der Waals surface area contributed by atoms with Crippen LogP contribution in [0.4, 0.5) is 5.69 Å². The summed E-state index contributed by atoms with van der Waals surface area (Å²) < 4.78 is 5.82. The van der Waals surface area contributed by atoms with Crippen LogP contribution in [0.1, 0.15) is 23.2 Å². The topological polar surface area (TPSA) is 49.8 Å². The Labute approximate surface area is 121 Å². The number of halogens is 1. The van der Waals surface area contributed by atoms with E-state index in [1.807, 2.05) is 12.1 Å². The number of benzene rings is 1. The predicted octanol–water partition coefficient (Wildman–Crippen LogP) is 3.01. The molecule has 1 aliphatic heterocycles. The van der Waals surface area contributed by atoms with Crippen LogP contribution in [0.5, 0.6) is 0 Å². The van der Waals surface area contributed by atoms with Crippen molar-refractivity contribution in [1.29, 1.82) is 0 Å². The molecule has 1 saturated heterocycles. The Morgan fingerprint density at radius 3 is 2.74 bits per heavy atom. The minimum Gasteiger partial charge on any atom is -0.478 e. The van der Waals surface area contributed by atoms with Gasteiger partial charge in [0.2, 0.25) is 0 Å². The fourth-order valence-electron chi connectivity index (χ4n) is 2.56. The summed E-state index contributed by atoms with van der Waals surface area (Å²) in [5.74, 6) is -0.303. The van der Waals surface area contributed by atoms with E-state index in [0.29, 0.717) is 16.0 Å². The molecule has 5 heteroatoms. The Hall–Kier alpha value is -1.07. The van der Waals surface area contributed by atoms with E-state index in [2.05, 4.69) is 20.8 Å². The average Bonchev–Trinajstić information content (AvgIpc) is 2.39. The fraction of sp³-hybridized carbons (Fsp3) is 0.500. The van der Waals surface area contributed by atoms with Gasteiger partial charge in [0.15, 0.2) is 0 Å². The van der Waals surface area contributed by atoms with Gasteiger partial charge in [0.25, 0.3) is 0 Å². The standard InChI is InChI=1S/C14H18BrNO3/c1-19-9-10-5-7-16(8-6-10)12-4-2-3-11(15)13(12)14(17)18/h2-4,10H,5-9H2,1H3,(H,17,18). The molecule has 104 valence electrons. The number of carboxylic acids is 1. The number of piperidine rings is 1. The normalized spacial score (nSPS) is 16.6. The van der Waals surface area contributed by atoms with Crippen molar-refractivity contribution in [3.8, 4) is 0 Å². The molecule has 0 spiro atoms. The van der Waals surface area contributed by atoms with Crippen LogP contribution in [0.3, 0.4) is 0 Å². The van der Waals surface area contributed by atoms with Gasteiger partial charge in [0, 0.05) is 31.3 Å². The quantitative estimate of drug-likeness (QED) is 0.923. The molecule has 1 aliphatic rings. The van der Waals surface area contributed by atoms with E-state index < -0.39 is 5.97 Å². The van der Waals surface area contributed by atoms with Crippen molar-refractivity contribution in [2.45, 2.75) is 12.8 Å². The molecule has 19 heavy (non-hydrogen) atoms. The molecular weight excluding hydrogens is 310 g/mol. The molecule has 2 rings (SSSR count). The SMILES string of the molecule is COCC1CCN(c2cccc(Br)c2C(=O)O)CC1. The molecular formula is C14H18BrNO3. The van der Waals surface area contributed by atoms with E-state index >= 15 is 0 Å². The third-order valence-electron chi connectivity index (χ3n) is 3.56. The molecule has 1 N–H and O–H groups in total. The summed E-state index contributed by atoms with van der Waals surface area (Å²) in [5.41, 5.74) is 1.16. The number of methoxy groups -OCH3 is 1. The number of rotatable bonds is 4. The number of aromatic carboxylic acids is 1. The number of hydrogen-bond acceptors (Lipinski definition) is 3. The number of ether oxygens (including phenoxy) is 1. The van der Waals surface area contributed by atoms with Gasteiger partial charge < -0.3 is 14.7 Å². The smallest absolute Gasteiger partial charge is 0.338 e. The second kappa shape index (κ2) is 6.39. The van der Waals surface area contributed by atoms with Gasteiger partial charge in [0.1, 0.15) is 0 Å². The highest BCUT2D eigenvalue weighted by atomic mass is 79.9. The zero-order valence-electron chi connectivity index (χ0n) is 10.9. The van der Waals surface area contributed by atoms with Gasteiger partial charge in [-0.3, -0.25) is 0 Å². The Morgan fingerprint density at radius 1 is 1.47 bits per heavy atom. The van der Waals surface area contributed by atoms with E-state index in [9.17, 15) is 9.90 Å². The second-order valence-corrected chi connectivity index (χ2v) is 5.68. The van der Waals surface area contributed by atoms with Gasteiger partial charge in [-0.2, -0.15) is 0 Å². The van der Waals surface area contributed by atoms with Crippen LogP contribution in [0.2, 0.25) is 0 Å². The molecule has 0 amide bonds. The number of carbonyl (C=O) groups is 1. The summed E-state index contributed by atoms with van der Waals surface area (Å²) in [6.07, 6.45) is 2.08. The lowest BCUT2D eigenvalue weighted by molar-refractivity contribution is 0.0696. The first kappa shape index (κ1) is 14.3. The van der Waals surface area contributed by atoms with Crippen LogP contribution in [0, 0.1) is 5.92 Å². The van der Waals surface area contributed by atoms with E-state index in [1.54, 1.807) is 13.2 Å². The lowest BCUT2D eigenvalue weighted by Gasteiger charge is -2.34. The van der Waals surface area contributed by atoms with Crippen molar-refractivity contribution < 1.29 is 14.6 Å². The van der Waals surface area contributed by atoms with Crippen molar-refractivity contribution in [3.05, 3.63) is 28.2 Å². The average molecular weight is 328 g/mol. The van der Waals surface area contributed by atoms with Crippen LogP contribution < -0.4 is 4.90 Å². The summed E-state index contributed by atoms with van der Waals surface area (Å²) in [6, 6.07) is 5.53. The van der Waals surface area contributed by atoms with Crippen molar-refractivity contribution in [3.63, 3.8) is 0 Å². The first-order valence-corrected chi connectivity index (χ1v) is 7.18. The molecule has 0 bridgehead atoms. The summed E-state index contributed by atoms with van der Waals surface area (Å²) in [6.45, 7) is 2.55. The Morgan fingerprint density at radius 2 is 2.16 bits per heavy atom. The maximum Gasteiger partial charge on any atom is 0.338 e. The molecule has 1 aromatic carbocycles. The monoisotopic (exact) mass is 327 g/mol. The van der Waals surface area contributed by atoms with Gasteiger partial charge in [-0.15, -0.1) is 0 Å². The number of hydrogen-bond donors (Lipinski definition) is 1. The van der Waals surface area contributed by atoms with Crippen LogP contribution in [0.15, 0.2) is 22.7 Å². The molecule has 0 unspecified atom stereocenters. The number of nitrogens with zero attached hydrogens (tertiary/aromatic N) is 1. The van der Waals surface area contributed by atoms with E-state index in [4.69, 9.17) is 4.74 Å². The number of carboxylic acid groups (broad SMARTS) is 1. The minimum absolute atomic E-state index is 0.354. The maximum absolute atomic E-state index is 11.4. The van der Waals surface area contributed by atoms with E-state index in [-0.39, 0.29) is 0 Å². The molecule has 4 nitrogen and oxygen atoms in total. The van der Waals surface area contributed by atoms with Crippen LogP contribution in [0.25, 0.3) is 0 Å². The van der Waals surface area contributed by atoms with Crippen molar-refractivity contribution in [1.82, 2.24) is 0 Å². The first-order valence-electron chi connectivity index (χ1n) is 6.39. The molecule has 0 atom stereocenters. The molecule has 1 fully saturated rings. The van der Waals surface area contributed by atoms with E-state index in [1.165, 1.54) is 0 Å². The zero-order chi connectivity index (χ0) is 13.8. The van der Waals surface area contributed by atoms with Crippen LogP contribution in [-0.4, -0.2) is 37.9 Å². The molecule has 0 aromatic heterocycles. The highest BCUT2D eigenvalue weighted by molar-refractivity contribution is 9.10. The minimum atomic E-state index is -0.888. The van der Waals surface area contributed by atoms with Crippen molar-refractivity contribution >= 4 is 27.6 Å². The highest BCUT2D eigenvalue weighted by Gasteiger charge is 2.23. The van der Waals surface area contributed by atoms with Crippen molar-refractivity contribution in [2.24, 2.45) is 5.92 Å². The van der Waals surface area contributed by atoms with Gasteiger partial charge in [-0.1, -0.05) is 6.07 Å². The summed E-state index contributed by atoms with van der Waals surface area (Å²) in [4.78, 5) is 13.5. The van der Waals surface area contributed by atoms with Crippen LogP contribution in [-0.2, 0) is 4.74 Å². The molecule has 0 saturated carbocycles. The Balaban J connectivity index is 2.15. The fourth-order valence-corrected chi connectivity index (χ4v) is 3.09. The third-order valence-corrected chi connectivity index (χ3v) is 4.22. The lowest BCUT2D eigenvalue weighted by atomic mass is 9.97. The predicted molar refractivity (Wildman–Crippen MR) is 77.9 cm³/mol. The van der Waals surface area contributed by atoms with Crippen LogP contribution >= 0.6 is 15.9 Å². The number of anilines is 1. The van der Waals surface area contributed by atoms with Crippen molar-refractivity contribution in [2.75, 3.05) is 31.7 Å². The van der Waals surface area contributed by atoms with Gasteiger partial charge in [-0.25, -0.2) is 4.79 Å². The summed E-state index contributed by atoms with van der Waals surface area (Å²) >= 11 is 3.32. The van der Waals surface area contributed by atoms with E-state index in [0.717, 1.165) is 38.2 Å². The first-order chi connectivity index (χ1) is 9.13. The molecule has 1 aromatic rings. The Bertz CT molecular complexity index is 456. The lowest BCUT2D eigenvalue weighted by Crippen LogP contribution is -2.35. The molecule has 1 heterocycles. The summed E-state index contributed by atoms with van der Waals surface area (Å²) in [7, 11) is 1.73. The zero-order valence-corrected chi connectivity index (χ0v) is 12.5. The van der Waals surface area contributed by atoms with Gasteiger partial charge in [0.05, 0.1) is 11.3 Å². The second-order valence-electron chi connectivity index (χ2n) is 4.82. The third kappa shape index (κ3) is 3.28. The highest BCUT2D eigenvalue weighted by Crippen LogP contribution is 2.31. The molecule has 0 radical (unpaired) electrons. The summed E-state index contributed by atoms with van der Waals surface area (Å²) in [5, 5.41) is 9.34. The largest absolute Gasteiger partial charge is 0.478 e. The molecule has 0 aliphatic carbocycles. The Kier molecular flexibility index (Phi) is 4.82. The van der Waals surface area contributed by atoms with Gasteiger partial charge in [-0.05, 0) is 46.8 Å².